The van der Waals surface area contributed by atoms with Crippen LogP contribution in [0.4, 0.5) is 0 Å². The van der Waals surface area contributed by atoms with Crippen molar-refractivity contribution in [2.45, 2.75) is 38.0 Å². The van der Waals surface area contributed by atoms with E-state index in [1.807, 2.05) is 30.3 Å². The Labute approximate surface area is 168 Å². The van der Waals surface area contributed by atoms with Gasteiger partial charge >= 0.3 is 0 Å². The van der Waals surface area contributed by atoms with Gasteiger partial charge in [-0.15, -0.1) is 12.4 Å². The van der Waals surface area contributed by atoms with Crippen LogP contribution in [-0.4, -0.2) is 50.9 Å². The number of sulfonamides is 1. The summed E-state index contributed by atoms with van der Waals surface area (Å²) in [5.41, 5.74) is 0.779. The van der Waals surface area contributed by atoms with Crippen LogP contribution < -0.4 is 10.6 Å². The average molecular weight is 416 g/mol. The fourth-order valence-electron chi connectivity index (χ4n) is 3.77. The fourth-order valence-corrected chi connectivity index (χ4v) is 5.38. The van der Waals surface area contributed by atoms with Crippen LogP contribution >= 0.6 is 12.4 Å². The van der Waals surface area contributed by atoms with Crippen LogP contribution in [0.15, 0.2) is 30.3 Å². The third kappa shape index (κ3) is 5.91. The van der Waals surface area contributed by atoms with E-state index in [0.29, 0.717) is 12.5 Å². The van der Waals surface area contributed by atoms with E-state index in [4.69, 9.17) is 0 Å². The Balaban J connectivity index is 0.00000261. The van der Waals surface area contributed by atoms with Gasteiger partial charge in [0, 0.05) is 25.7 Å². The second-order valence-electron chi connectivity index (χ2n) is 7.52. The average Bonchev–Trinajstić information content (AvgIpc) is 2.64. The summed E-state index contributed by atoms with van der Waals surface area (Å²) in [5.74, 6) is 0.168. The zero-order valence-electron chi connectivity index (χ0n) is 15.8. The molecule has 1 amide bonds. The zero-order chi connectivity index (χ0) is 18.6. The summed E-state index contributed by atoms with van der Waals surface area (Å²) >= 11 is 0. The second-order valence-corrected chi connectivity index (χ2v) is 9.49. The van der Waals surface area contributed by atoms with Crippen LogP contribution in [0, 0.1) is 11.8 Å². The summed E-state index contributed by atoms with van der Waals surface area (Å²) in [6.07, 6.45) is 2.52. The zero-order valence-corrected chi connectivity index (χ0v) is 17.4. The van der Waals surface area contributed by atoms with Gasteiger partial charge in [0.1, 0.15) is 0 Å². The number of halogens is 1. The quantitative estimate of drug-likeness (QED) is 0.768. The first-order valence-electron chi connectivity index (χ1n) is 9.48. The highest BCUT2D eigenvalue weighted by molar-refractivity contribution is 7.88. The molecular weight excluding hydrogens is 386 g/mol. The van der Waals surface area contributed by atoms with Crippen molar-refractivity contribution < 1.29 is 13.2 Å². The van der Waals surface area contributed by atoms with Gasteiger partial charge in [0.05, 0.1) is 11.7 Å². The molecule has 3 atom stereocenters. The van der Waals surface area contributed by atoms with Crippen molar-refractivity contribution >= 4 is 28.3 Å². The lowest BCUT2D eigenvalue weighted by Crippen LogP contribution is -2.53. The lowest BCUT2D eigenvalue weighted by molar-refractivity contribution is -0.127. The second kappa shape index (κ2) is 9.87. The molecule has 2 aliphatic heterocycles. The fraction of sp³-hybridized carbons (Fsp3) is 0.632. The van der Waals surface area contributed by atoms with Gasteiger partial charge in [-0.3, -0.25) is 4.79 Å². The lowest BCUT2D eigenvalue weighted by atomic mass is 9.93. The minimum Gasteiger partial charge on any atom is -0.352 e. The number of carbonyl (C=O) groups is 1. The van der Waals surface area contributed by atoms with Crippen LogP contribution in [0.2, 0.25) is 0 Å². The molecule has 0 bridgehead atoms. The number of rotatable bonds is 5. The number of benzene rings is 1. The van der Waals surface area contributed by atoms with Crippen molar-refractivity contribution in [3.63, 3.8) is 0 Å². The van der Waals surface area contributed by atoms with E-state index in [1.165, 1.54) is 4.31 Å². The molecule has 2 heterocycles. The highest BCUT2D eigenvalue weighted by Gasteiger charge is 2.34. The van der Waals surface area contributed by atoms with Crippen molar-refractivity contribution in [3.05, 3.63) is 35.9 Å². The molecule has 8 heteroatoms. The number of nitrogens with zero attached hydrogens (tertiary/aromatic N) is 1. The van der Waals surface area contributed by atoms with E-state index in [9.17, 15) is 13.2 Å². The molecule has 2 aliphatic rings. The molecule has 3 unspecified atom stereocenters. The van der Waals surface area contributed by atoms with Crippen molar-refractivity contribution in [1.82, 2.24) is 14.9 Å². The third-order valence-electron chi connectivity index (χ3n) is 5.50. The van der Waals surface area contributed by atoms with Crippen molar-refractivity contribution in [1.29, 1.82) is 0 Å². The molecule has 3 rings (SSSR count). The molecule has 0 radical (unpaired) electrons. The first kappa shape index (κ1) is 22.1. The van der Waals surface area contributed by atoms with E-state index < -0.39 is 10.0 Å². The molecule has 27 heavy (non-hydrogen) atoms. The van der Waals surface area contributed by atoms with Crippen molar-refractivity contribution in [2.24, 2.45) is 11.8 Å². The molecule has 152 valence electrons. The van der Waals surface area contributed by atoms with Crippen molar-refractivity contribution in [3.8, 4) is 0 Å². The van der Waals surface area contributed by atoms with Crippen LogP contribution in [0.25, 0.3) is 0 Å². The number of amides is 1. The predicted molar refractivity (Wildman–Crippen MR) is 109 cm³/mol. The molecule has 0 spiro atoms. The normalized spacial score (nSPS) is 26.8. The number of hydrogen-bond donors (Lipinski definition) is 2. The first-order chi connectivity index (χ1) is 12.5. The van der Waals surface area contributed by atoms with E-state index in [-0.39, 0.29) is 42.6 Å². The Hall–Kier alpha value is -1.15. The molecule has 2 fully saturated rings. The number of carbonyl (C=O) groups excluding carboxylic acids is 1. The maximum absolute atomic E-state index is 12.7. The molecular formula is C19H30ClN3O3S. The summed E-state index contributed by atoms with van der Waals surface area (Å²) in [6, 6.07) is 9.34. The molecule has 0 saturated carbocycles. The Kier molecular flexibility index (Phi) is 8.09. The van der Waals surface area contributed by atoms with Crippen LogP contribution in [0.5, 0.6) is 0 Å². The molecule has 1 aromatic carbocycles. The van der Waals surface area contributed by atoms with Gasteiger partial charge in [-0.25, -0.2) is 12.7 Å². The van der Waals surface area contributed by atoms with E-state index in [0.717, 1.165) is 37.9 Å². The summed E-state index contributed by atoms with van der Waals surface area (Å²) in [6.45, 7) is 4.72. The predicted octanol–water partition coefficient (Wildman–Crippen LogP) is 1.76. The van der Waals surface area contributed by atoms with Gasteiger partial charge in [0.25, 0.3) is 0 Å². The number of nitrogens with one attached hydrogen (secondary N) is 2. The van der Waals surface area contributed by atoms with Gasteiger partial charge in [0.2, 0.25) is 15.9 Å². The number of hydrogen-bond acceptors (Lipinski definition) is 4. The topological polar surface area (TPSA) is 78.5 Å². The minimum absolute atomic E-state index is 0. The summed E-state index contributed by atoms with van der Waals surface area (Å²) in [5, 5.41) is 6.45. The monoisotopic (exact) mass is 415 g/mol. The minimum atomic E-state index is -3.41. The van der Waals surface area contributed by atoms with E-state index in [1.54, 1.807) is 0 Å². The Morgan fingerprint density at radius 1 is 1.26 bits per heavy atom. The van der Waals surface area contributed by atoms with Crippen LogP contribution in [0.3, 0.4) is 0 Å². The maximum atomic E-state index is 12.7. The molecule has 0 aliphatic carbocycles. The van der Waals surface area contributed by atoms with Crippen LogP contribution in [0.1, 0.15) is 31.7 Å². The van der Waals surface area contributed by atoms with Gasteiger partial charge in [-0.2, -0.15) is 0 Å². The third-order valence-corrected chi connectivity index (χ3v) is 7.31. The standard InChI is InChI=1S/C19H29N3O3S.ClH/c1-15-9-10-20-12-18(15)21-19(23)17-8-5-11-22(13-17)26(24,25)14-16-6-3-2-4-7-16;/h2-4,6-7,15,17-18,20H,5,8-14H2,1H3,(H,21,23);1H. The highest BCUT2D eigenvalue weighted by Crippen LogP contribution is 2.22. The largest absolute Gasteiger partial charge is 0.352 e. The lowest BCUT2D eigenvalue weighted by Gasteiger charge is -2.34. The van der Waals surface area contributed by atoms with Gasteiger partial charge in [-0.1, -0.05) is 37.3 Å². The molecule has 1 aromatic rings. The summed E-state index contributed by atoms with van der Waals surface area (Å²) in [4.78, 5) is 12.7. The van der Waals surface area contributed by atoms with E-state index >= 15 is 0 Å². The van der Waals surface area contributed by atoms with Crippen LogP contribution in [-0.2, 0) is 20.6 Å². The number of piperidine rings is 2. The molecule has 2 saturated heterocycles. The van der Waals surface area contributed by atoms with Gasteiger partial charge in [0.15, 0.2) is 0 Å². The highest BCUT2D eigenvalue weighted by atomic mass is 35.5. The Morgan fingerprint density at radius 2 is 2.00 bits per heavy atom. The van der Waals surface area contributed by atoms with Crippen molar-refractivity contribution in [2.75, 3.05) is 26.2 Å². The summed E-state index contributed by atoms with van der Waals surface area (Å²) in [7, 11) is -3.41. The molecule has 0 aromatic heterocycles. The molecule has 2 N–H and O–H groups in total. The Bertz CT molecular complexity index is 714. The smallest absolute Gasteiger partial charge is 0.224 e. The summed E-state index contributed by atoms with van der Waals surface area (Å²) < 4.78 is 27.0. The maximum Gasteiger partial charge on any atom is 0.224 e. The van der Waals surface area contributed by atoms with Gasteiger partial charge in [-0.05, 0) is 37.3 Å². The van der Waals surface area contributed by atoms with Gasteiger partial charge < -0.3 is 10.6 Å². The first-order valence-corrected chi connectivity index (χ1v) is 11.1. The SMILES string of the molecule is CC1CCNCC1NC(=O)C1CCCN(S(=O)(=O)Cc2ccccc2)C1.Cl. The Morgan fingerprint density at radius 3 is 2.70 bits per heavy atom. The van der Waals surface area contributed by atoms with E-state index in [2.05, 4.69) is 17.6 Å². The molecule has 6 nitrogen and oxygen atoms in total.